The number of carbonyl (C=O) groups is 1. The van der Waals surface area contributed by atoms with Crippen LogP contribution >= 0.6 is 11.8 Å². The summed E-state index contributed by atoms with van der Waals surface area (Å²) in [6.45, 7) is 6.23. The molecule has 2 aromatic carbocycles. The molecule has 4 rings (SSSR count). The normalized spacial score (nSPS) is 13.6. The minimum atomic E-state index is -0.198. The lowest BCUT2D eigenvalue weighted by Gasteiger charge is -2.23. The van der Waals surface area contributed by atoms with Crippen molar-refractivity contribution in [2.75, 3.05) is 11.9 Å². The second-order valence-electron chi connectivity index (χ2n) is 7.70. The monoisotopic (exact) mass is 381 g/mol. The van der Waals surface area contributed by atoms with Crippen LogP contribution in [0.4, 0.5) is 5.82 Å². The number of rotatable bonds is 4. The molecule has 5 nitrogen and oxygen atoms in total. The number of ether oxygens (including phenoxy) is 1. The molecule has 0 bridgehead atoms. The number of anilines is 1. The van der Waals surface area contributed by atoms with E-state index in [2.05, 4.69) is 32.2 Å². The van der Waals surface area contributed by atoms with Crippen molar-refractivity contribution in [2.24, 2.45) is 0 Å². The first kappa shape index (κ1) is 17.9. The van der Waals surface area contributed by atoms with Gasteiger partial charge in [0.2, 0.25) is 0 Å². The molecule has 0 spiro atoms. The molecular formula is C21H23N3O2S. The number of benzene rings is 2. The van der Waals surface area contributed by atoms with Crippen molar-refractivity contribution >= 4 is 34.3 Å². The summed E-state index contributed by atoms with van der Waals surface area (Å²) < 4.78 is 7.64. The van der Waals surface area contributed by atoms with Crippen LogP contribution in [-0.4, -0.2) is 22.3 Å². The number of hydrogen-bond acceptors (Lipinski definition) is 4. The summed E-state index contributed by atoms with van der Waals surface area (Å²) in [6, 6.07) is 13.9. The number of aromatic nitrogens is 2. The number of fused-ring (bicyclic) bond motifs is 2. The standard InChI is InChI=1S/C21H23N3O2S/c1-21(2,3)24-20(17-12-27-13-18(17)23-24)22-19(25)11-26-16-9-8-14-6-4-5-7-15(14)10-16/h4-10H,11-13H2,1-3H3,(H,22,25). The van der Waals surface area contributed by atoms with Crippen molar-refractivity contribution in [3.05, 3.63) is 53.7 Å². The zero-order valence-electron chi connectivity index (χ0n) is 15.8. The second-order valence-corrected chi connectivity index (χ2v) is 8.68. The summed E-state index contributed by atoms with van der Waals surface area (Å²) in [5.41, 5.74) is 2.01. The fourth-order valence-corrected chi connectivity index (χ4v) is 4.24. The Bertz CT molecular complexity index is 1000. The van der Waals surface area contributed by atoms with Gasteiger partial charge < -0.3 is 10.1 Å². The van der Waals surface area contributed by atoms with Gasteiger partial charge in [0.05, 0.1) is 11.2 Å². The molecule has 2 heterocycles. The fourth-order valence-electron chi connectivity index (χ4n) is 3.20. The molecule has 140 valence electrons. The van der Waals surface area contributed by atoms with Gasteiger partial charge in [-0.05, 0) is 43.7 Å². The largest absolute Gasteiger partial charge is 0.484 e. The Balaban J connectivity index is 1.48. The first-order chi connectivity index (χ1) is 12.9. The highest BCUT2D eigenvalue weighted by Crippen LogP contribution is 2.37. The Hall–Kier alpha value is -2.47. The Morgan fingerprint density at radius 1 is 1.19 bits per heavy atom. The highest BCUT2D eigenvalue weighted by atomic mass is 32.2. The summed E-state index contributed by atoms with van der Waals surface area (Å²) >= 11 is 1.82. The molecular weight excluding hydrogens is 358 g/mol. The van der Waals surface area contributed by atoms with E-state index in [1.54, 1.807) is 0 Å². The van der Waals surface area contributed by atoms with E-state index in [1.807, 2.05) is 52.8 Å². The summed E-state index contributed by atoms with van der Waals surface area (Å²) in [6.07, 6.45) is 0. The molecule has 1 aromatic heterocycles. The molecule has 3 aromatic rings. The van der Waals surface area contributed by atoms with E-state index in [1.165, 1.54) is 0 Å². The van der Waals surface area contributed by atoms with E-state index in [0.717, 1.165) is 39.4 Å². The van der Waals surface area contributed by atoms with Gasteiger partial charge in [-0.25, -0.2) is 4.68 Å². The van der Waals surface area contributed by atoms with Crippen LogP contribution in [0.25, 0.3) is 10.8 Å². The van der Waals surface area contributed by atoms with Crippen LogP contribution in [0.1, 0.15) is 32.0 Å². The van der Waals surface area contributed by atoms with Crippen molar-refractivity contribution in [1.29, 1.82) is 0 Å². The highest BCUT2D eigenvalue weighted by molar-refractivity contribution is 7.98. The second kappa shape index (κ2) is 6.93. The van der Waals surface area contributed by atoms with Gasteiger partial charge in [0, 0.05) is 17.1 Å². The van der Waals surface area contributed by atoms with Crippen LogP contribution in [0.3, 0.4) is 0 Å². The molecule has 0 saturated carbocycles. The molecule has 1 amide bonds. The lowest BCUT2D eigenvalue weighted by molar-refractivity contribution is -0.118. The molecule has 0 aliphatic carbocycles. The van der Waals surface area contributed by atoms with Gasteiger partial charge in [-0.1, -0.05) is 30.3 Å². The smallest absolute Gasteiger partial charge is 0.263 e. The van der Waals surface area contributed by atoms with E-state index in [4.69, 9.17) is 9.84 Å². The predicted octanol–water partition coefficient (Wildman–Crippen LogP) is 4.56. The lowest BCUT2D eigenvalue weighted by atomic mass is 10.1. The average molecular weight is 382 g/mol. The number of thioether (sulfide) groups is 1. The highest BCUT2D eigenvalue weighted by Gasteiger charge is 2.28. The third kappa shape index (κ3) is 3.67. The van der Waals surface area contributed by atoms with E-state index < -0.39 is 0 Å². The molecule has 0 fully saturated rings. The summed E-state index contributed by atoms with van der Waals surface area (Å²) in [5.74, 6) is 3.10. The molecule has 27 heavy (non-hydrogen) atoms. The number of nitrogens with one attached hydrogen (secondary N) is 1. The Morgan fingerprint density at radius 2 is 1.96 bits per heavy atom. The third-order valence-corrected chi connectivity index (χ3v) is 5.51. The van der Waals surface area contributed by atoms with Crippen molar-refractivity contribution in [1.82, 2.24) is 9.78 Å². The van der Waals surface area contributed by atoms with E-state index in [0.29, 0.717) is 5.75 Å². The maximum absolute atomic E-state index is 12.5. The van der Waals surface area contributed by atoms with E-state index in [9.17, 15) is 4.79 Å². The molecule has 1 aliphatic rings. The van der Waals surface area contributed by atoms with Gasteiger partial charge in [-0.15, -0.1) is 0 Å². The third-order valence-electron chi connectivity index (χ3n) is 4.54. The van der Waals surface area contributed by atoms with Crippen molar-refractivity contribution < 1.29 is 9.53 Å². The minimum Gasteiger partial charge on any atom is -0.484 e. The minimum absolute atomic E-state index is 0.0322. The predicted molar refractivity (Wildman–Crippen MR) is 110 cm³/mol. The summed E-state index contributed by atoms with van der Waals surface area (Å²) in [5, 5.41) is 9.98. The number of nitrogens with zero attached hydrogens (tertiary/aromatic N) is 2. The van der Waals surface area contributed by atoms with Crippen LogP contribution in [0, 0.1) is 0 Å². The number of carbonyl (C=O) groups excluding carboxylic acids is 1. The van der Waals surface area contributed by atoms with Gasteiger partial charge >= 0.3 is 0 Å². The van der Waals surface area contributed by atoms with Crippen LogP contribution in [0.15, 0.2) is 42.5 Å². The Labute approximate surface area is 163 Å². The van der Waals surface area contributed by atoms with E-state index >= 15 is 0 Å². The molecule has 0 radical (unpaired) electrons. The first-order valence-electron chi connectivity index (χ1n) is 9.02. The van der Waals surface area contributed by atoms with Crippen molar-refractivity contribution in [3.63, 3.8) is 0 Å². The van der Waals surface area contributed by atoms with Gasteiger partial charge in [0.25, 0.3) is 5.91 Å². The summed E-state index contributed by atoms with van der Waals surface area (Å²) in [4.78, 5) is 12.5. The Kier molecular flexibility index (Phi) is 4.60. The number of amides is 1. The maximum atomic E-state index is 12.5. The van der Waals surface area contributed by atoms with Crippen LogP contribution < -0.4 is 10.1 Å². The maximum Gasteiger partial charge on any atom is 0.263 e. The zero-order chi connectivity index (χ0) is 19.0. The molecule has 1 N–H and O–H groups in total. The Morgan fingerprint density at radius 3 is 2.74 bits per heavy atom. The fraction of sp³-hybridized carbons (Fsp3) is 0.333. The van der Waals surface area contributed by atoms with Gasteiger partial charge in [-0.3, -0.25) is 4.79 Å². The molecule has 0 unspecified atom stereocenters. The average Bonchev–Trinajstić information content (AvgIpc) is 3.22. The lowest BCUT2D eigenvalue weighted by Crippen LogP contribution is -2.29. The van der Waals surface area contributed by atoms with Crippen molar-refractivity contribution in [3.8, 4) is 5.75 Å². The molecule has 6 heteroatoms. The zero-order valence-corrected chi connectivity index (χ0v) is 16.6. The van der Waals surface area contributed by atoms with Gasteiger partial charge in [0.15, 0.2) is 6.61 Å². The quantitative estimate of drug-likeness (QED) is 0.720. The van der Waals surface area contributed by atoms with Gasteiger partial charge in [0.1, 0.15) is 11.6 Å². The SMILES string of the molecule is CC(C)(C)n1nc2c(c1NC(=O)COc1ccc3ccccc3c1)CSC2. The topological polar surface area (TPSA) is 56.2 Å². The van der Waals surface area contributed by atoms with Crippen LogP contribution in [0.5, 0.6) is 5.75 Å². The van der Waals surface area contributed by atoms with Crippen molar-refractivity contribution in [2.45, 2.75) is 37.8 Å². The van der Waals surface area contributed by atoms with Gasteiger partial charge in [-0.2, -0.15) is 16.9 Å². The van der Waals surface area contributed by atoms with E-state index in [-0.39, 0.29) is 18.1 Å². The molecule has 0 atom stereocenters. The summed E-state index contributed by atoms with van der Waals surface area (Å²) in [7, 11) is 0. The molecule has 1 aliphatic heterocycles. The first-order valence-corrected chi connectivity index (χ1v) is 10.2. The number of hydrogen-bond donors (Lipinski definition) is 1. The van der Waals surface area contributed by atoms with Crippen LogP contribution in [0.2, 0.25) is 0 Å². The molecule has 0 saturated heterocycles. The van der Waals surface area contributed by atoms with Crippen LogP contribution in [-0.2, 0) is 21.8 Å².